The van der Waals surface area contributed by atoms with E-state index < -0.39 is 0 Å². The second kappa shape index (κ2) is 4.49. The number of nitrogens with one attached hydrogen (secondary N) is 1. The monoisotopic (exact) mass is 185 g/mol. The summed E-state index contributed by atoms with van der Waals surface area (Å²) in [6.45, 7) is 2.29. The molecule has 0 saturated carbocycles. The molecule has 2 rings (SSSR count). The topological polar surface area (TPSA) is 26.1 Å². The predicted octanol–water partition coefficient (Wildman–Crippen LogP) is 0.848. The molecule has 2 fully saturated rings. The summed E-state index contributed by atoms with van der Waals surface area (Å²) in [6.07, 6.45) is 4.02. The van der Waals surface area contributed by atoms with E-state index in [-0.39, 0.29) is 0 Å². The van der Waals surface area contributed by atoms with E-state index in [4.69, 9.17) is 0 Å². The fourth-order valence-electron chi connectivity index (χ4n) is 1.97. The van der Waals surface area contributed by atoms with Gasteiger partial charge in [-0.2, -0.15) is 11.8 Å². The molecule has 2 aliphatic heterocycles. The van der Waals surface area contributed by atoms with Crippen LogP contribution in [0.5, 0.6) is 0 Å². The first-order valence-electron chi connectivity index (χ1n) is 4.94. The molecule has 0 aromatic heterocycles. The Hall–Kier alpha value is 0.270. The average molecular weight is 185 g/mol. The Balaban J connectivity index is 1.80. The highest BCUT2D eigenvalue weighted by Crippen LogP contribution is 2.17. The molecule has 2 unspecified atom stereocenters. The lowest BCUT2D eigenvalue weighted by atomic mass is 9.99. The lowest BCUT2D eigenvalue weighted by Crippen LogP contribution is -2.51. The van der Waals surface area contributed by atoms with Crippen molar-refractivity contribution in [2.45, 2.75) is 31.3 Å². The van der Waals surface area contributed by atoms with Crippen LogP contribution in [0.4, 0.5) is 0 Å². The fourth-order valence-corrected chi connectivity index (χ4v) is 3.00. The Morgan fingerprint density at radius 3 is 3.00 bits per heavy atom. The minimum Gasteiger partial charge on any atom is -0.311 e. The molecule has 69 valence electrons. The molecule has 0 amide bonds. The molecule has 0 aromatic rings. The van der Waals surface area contributed by atoms with Gasteiger partial charge in [-0.05, 0) is 12.8 Å². The third-order valence-electron chi connectivity index (χ3n) is 2.69. The van der Waals surface area contributed by atoms with Crippen molar-refractivity contribution in [1.82, 2.24) is 10.6 Å². The first-order chi connectivity index (χ1) is 5.97. The molecule has 0 bridgehead atoms. The Labute approximate surface area is 78.9 Å². The van der Waals surface area contributed by atoms with Crippen molar-refractivity contribution in [2.75, 3.05) is 24.6 Å². The first-order valence-corrected chi connectivity index (χ1v) is 6.10. The van der Waals surface area contributed by atoms with Gasteiger partial charge in [-0.1, -0.05) is 6.42 Å². The maximum Gasteiger partial charge on any atom is 0.0407 e. The van der Waals surface area contributed by atoms with E-state index in [9.17, 15) is 0 Å². The number of hydrogen-bond donors (Lipinski definition) is 1. The molecule has 2 nitrogen and oxygen atoms in total. The molecule has 2 atom stereocenters. The summed E-state index contributed by atoms with van der Waals surface area (Å²) in [6, 6.07) is 1.32. The minimum atomic E-state index is 0.631. The standard InChI is InChI=1S/C9H17N2S/c1-2-4-10-8(3-1)9-7-12-6-5-11-9/h8-9,11H,1-7H2. The van der Waals surface area contributed by atoms with Crippen LogP contribution in [0.2, 0.25) is 0 Å². The maximum atomic E-state index is 4.68. The van der Waals surface area contributed by atoms with E-state index in [1.165, 1.54) is 37.3 Å². The largest absolute Gasteiger partial charge is 0.311 e. The highest BCUT2D eigenvalue weighted by atomic mass is 32.2. The Bertz CT molecular complexity index is 112. The summed E-state index contributed by atoms with van der Waals surface area (Å²) < 4.78 is 0. The predicted molar refractivity (Wildman–Crippen MR) is 53.8 cm³/mol. The average Bonchev–Trinajstić information content (AvgIpc) is 2.21. The molecular formula is C9H17N2S. The second-order valence-electron chi connectivity index (χ2n) is 3.60. The number of nitrogens with zero attached hydrogens (tertiary/aromatic N) is 1. The molecule has 2 saturated heterocycles. The van der Waals surface area contributed by atoms with Gasteiger partial charge >= 0.3 is 0 Å². The van der Waals surface area contributed by atoms with E-state index in [1.807, 2.05) is 0 Å². The number of rotatable bonds is 1. The molecule has 3 heteroatoms. The quantitative estimate of drug-likeness (QED) is 0.655. The molecular weight excluding hydrogens is 168 g/mol. The van der Waals surface area contributed by atoms with Crippen molar-refractivity contribution in [3.8, 4) is 0 Å². The third kappa shape index (κ3) is 2.15. The van der Waals surface area contributed by atoms with Gasteiger partial charge in [-0.3, -0.25) is 0 Å². The van der Waals surface area contributed by atoms with Gasteiger partial charge in [-0.15, -0.1) is 0 Å². The van der Waals surface area contributed by atoms with E-state index in [0.717, 1.165) is 6.54 Å². The van der Waals surface area contributed by atoms with Crippen LogP contribution in [0, 0.1) is 0 Å². The molecule has 2 heterocycles. The zero-order chi connectivity index (χ0) is 8.23. The number of hydrogen-bond acceptors (Lipinski definition) is 2. The van der Waals surface area contributed by atoms with Gasteiger partial charge in [0.2, 0.25) is 0 Å². The smallest absolute Gasteiger partial charge is 0.0407 e. The van der Waals surface area contributed by atoms with Gasteiger partial charge in [0, 0.05) is 36.7 Å². The van der Waals surface area contributed by atoms with E-state index in [0.29, 0.717) is 12.1 Å². The number of piperidine rings is 1. The highest BCUT2D eigenvalue weighted by Gasteiger charge is 2.25. The molecule has 1 N–H and O–H groups in total. The van der Waals surface area contributed by atoms with Crippen molar-refractivity contribution >= 4 is 11.8 Å². The summed E-state index contributed by atoms with van der Waals surface area (Å²) in [5.41, 5.74) is 0. The van der Waals surface area contributed by atoms with E-state index in [2.05, 4.69) is 22.4 Å². The van der Waals surface area contributed by atoms with Crippen LogP contribution in [0.3, 0.4) is 0 Å². The zero-order valence-corrected chi connectivity index (χ0v) is 8.28. The number of thioether (sulfide) groups is 1. The van der Waals surface area contributed by atoms with Crippen LogP contribution in [0.1, 0.15) is 19.3 Å². The molecule has 1 radical (unpaired) electrons. The zero-order valence-electron chi connectivity index (χ0n) is 7.46. The van der Waals surface area contributed by atoms with Gasteiger partial charge in [0.25, 0.3) is 0 Å². The van der Waals surface area contributed by atoms with Gasteiger partial charge in [0.15, 0.2) is 0 Å². The summed E-state index contributed by atoms with van der Waals surface area (Å²) in [5, 5.41) is 8.25. The Kier molecular flexibility index (Phi) is 3.31. The maximum absolute atomic E-state index is 4.68. The van der Waals surface area contributed by atoms with Gasteiger partial charge in [0.05, 0.1) is 0 Å². The molecule has 0 spiro atoms. The van der Waals surface area contributed by atoms with E-state index >= 15 is 0 Å². The summed E-state index contributed by atoms with van der Waals surface area (Å²) in [5.74, 6) is 2.55. The van der Waals surface area contributed by atoms with Crippen molar-refractivity contribution in [3.05, 3.63) is 0 Å². The van der Waals surface area contributed by atoms with Gasteiger partial charge in [0.1, 0.15) is 0 Å². The van der Waals surface area contributed by atoms with Gasteiger partial charge < -0.3 is 5.32 Å². The minimum absolute atomic E-state index is 0.631. The van der Waals surface area contributed by atoms with Crippen LogP contribution < -0.4 is 10.6 Å². The first kappa shape index (κ1) is 8.85. The third-order valence-corrected chi connectivity index (χ3v) is 3.77. The van der Waals surface area contributed by atoms with Crippen LogP contribution in [-0.2, 0) is 0 Å². The Morgan fingerprint density at radius 1 is 1.33 bits per heavy atom. The van der Waals surface area contributed by atoms with Crippen LogP contribution in [0.15, 0.2) is 0 Å². The van der Waals surface area contributed by atoms with Gasteiger partial charge in [-0.25, -0.2) is 5.32 Å². The molecule has 12 heavy (non-hydrogen) atoms. The normalized spacial score (nSPS) is 38.0. The van der Waals surface area contributed by atoms with E-state index in [1.54, 1.807) is 0 Å². The van der Waals surface area contributed by atoms with Crippen molar-refractivity contribution in [1.29, 1.82) is 0 Å². The Morgan fingerprint density at radius 2 is 2.33 bits per heavy atom. The van der Waals surface area contributed by atoms with Crippen molar-refractivity contribution in [2.24, 2.45) is 0 Å². The lowest BCUT2D eigenvalue weighted by molar-refractivity contribution is 0.322. The van der Waals surface area contributed by atoms with Crippen molar-refractivity contribution in [3.63, 3.8) is 0 Å². The SMILES string of the molecule is C1CCC(C2CSCCN2)[N]C1. The van der Waals surface area contributed by atoms with Crippen LogP contribution in [-0.4, -0.2) is 36.7 Å². The molecule has 0 aromatic carbocycles. The van der Waals surface area contributed by atoms with Crippen LogP contribution in [0.25, 0.3) is 0 Å². The summed E-state index contributed by atoms with van der Waals surface area (Å²) in [4.78, 5) is 0. The van der Waals surface area contributed by atoms with Crippen LogP contribution >= 0.6 is 11.8 Å². The summed E-state index contributed by atoms with van der Waals surface area (Å²) >= 11 is 2.07. The lowest BCUT2D eigenvalue weighted by Gasteiger charge is -2.33. The fraction of sp³-hybridized carbons (Fsp3) is 1.00. The van der Waals surface area contributed by atoms with Crippen molar-refractivity contribution < 1.29 is 0 Å². The summed E-state index contributed by atoms with van der Waals surface area (Å²) in [7, 11) is 0. The molecule has 0 aliphatic carbocycles. The highest BCUT2D eigenvalue weighted by molar-refractivity contribution is 7.99. The molecule has 2 aliphatic rings. The second-order valence-corrected chi connectivity index (χ2v) is 4.75.